The molecule has 0 bridgehead atoms. The monoisotopic (exact) mass is 200 g/mol. The molecule has 0 aromatic heterocycles. The van der Waals surface area contributed by atoms with Crippen LogP contribution in [-0.4, -0.2) is 28.6 Å². The molecule has 1 aliphatic carbocycles. The summed E-state index contributed by atoms with van der Waals surface area (Å²) in [4.78, 5) is 22.2. The zero-order chi connectivity index (χ0) is 10.9. The van der Waals surface area contributed by atoms with Crippen molar-refractivity contribution in [3.8, 4) is 0 Å². The lowest BCUT2D eigenvalue weighted by Crippen LogP contribution is -2.51. The molecule has 0 aromatic rings. The Morgan fingerprint density at radius 2 is 1.93 bits per heavy atom. The molecule has 5 heteroatoms. The smallest absolute Gasteiger partial charge is 0.326 e. The summed E-state index contributed by atoms with van der Waals surface area (Å²) in [6.45, 7) is 3.49. The molecule has 0 unspecified atom stereocenters. The molecule has 1 amide bonds. The topological polar surface area (TPSA) is 92.4 Å². The van der Waals surface area contributed by atoms with E-state index in [2.05, 4.69) is 5.32 Å². The molecule has 0 radical (unpaired) electrons. The van der Waals surface area contributed by atoms with Crippen molar-refractivity contribution in [3.05, 3.63) is 0 Å². The third-order valence-corrected chi connectivity index (χ3v) is 2.46. The first-order valence-electron chi connectivity index (χ1n) is 4.69. The predicted molar refractivity (Wildman–Crippen MR) is 50.6 cm³/mol. The molecule has 0 heterocycles. The van der Waals surface area contributed by atoms with E-state index in [0.29, 0.717) is 12.8 Å². The maximum absolute atomic E-state index is 11.4. The van der Waals surface area contributed by atoms with Crippen molar-refractivity contribution in [2.45, 2.75) is 38.3 Å². The minimum absolute atomic E-state index is 0.140. The summed E-state index contributed by atoms with van der Waals surface area (Å²) >= 11 is 0. The number of hydrogen-bond acceptors (Lipinski definition) is 3. The zero-order valence-corrected chi connectivity index (χ0v) is 8.41. The van der Waals surface area contributed by atoms with Crippen LogP contribution in [-0.2, 0) is 9.59 Å². The number of nitrogens with two attached hydrogens (primary N) is 1. The van der Waals surface area contributed by atoms with E-state index in [1.54, 1.807) is 13.8 Å². The Hall–Kier alpha value is -1.10. The summed E-state index contributed by atoms with van der Waals surface area (Å²) in [6.07, 6.45) is 1.28. The second-order valence-corrected chi connectivity index (χ2v) is 4.19. The number of rotatable bonds is 4. The quantitative estimate of drug-likeness (QED) is 0.581. The standard InChI is InChI=1S/C9H16N2O3/c1-5(2)6(7(12)13)11-8(14)9(10)3-4-9/h5-6H,3-4,10H2,1-2H3,(H,11,14)(H,12,13)/t6-/m1/s1. The van der Waals surface area contributed by atoms with Gasteiger partial charge in [0.15, 0.2) is 0 Å². The van der Waals surface area contributed by atoms with Crippen molar-refractivity contribution in [3.63, 3.8) is 0 Å². The first kappa shape index (κ1) is 11.0. The van der Waals surface area contributed by atoms with E-state index >= 15 is 0 Å². The van der Waals surface area contributed by atoms with E-state index in [1.165, 1.54) is 0 Å². The first-order valence-corrected chi connectivity index (χ1v) is 4.69. The van der Waals surface area contributed by atoms with Gasteiger partial charge in [0.05, 0.1) is 5.54 Å². The number of carboxylic acids is 1. The molecule has 1 aliphatic rings. The van der Waals surface area contributed by atoms with Gasteiger partial charge in [-0.2, -0.15) is 0 Å². The molecule has 1 atom stereocenters. The van der Waals surface area contributed by atoms with Gasteiger partial charge in [-0.05, 0) is 18.8 Å². The summed E-state index contributed by atoms with van der Waals surface area (Å²) in [6, 6.07) is -0.844. The minimum atomic E-state index is -1.02. The van der Waals surface area contributed by atoms with Gasteiger partial charge >= 0.3 is 5.97 Å². The maximum Gasteiger partial charge on any atom is 0.326 e. The third kappa shape index (κ3) is 2.23. The van der Waals surface area contributed by atoms with Crippen LogP contribution in [0.1, 0.15) is 26.7 Å². The van der Waals surface area contributed by atoms with Gasteiger partial charge < -0.3 is 16.2 Å². The SMILES string of the molecule is CC(C)[C@@H](NC(=O)C1(N)CC1)C(=O)O. The number of aliphatic carboxylic acids is 1. The summed E-state index contributed by atoms with van der Waals surface area (Å²) in [5.74, 6) is -1.50. The highest BCUT2D eigenvalue weighted by Crippen LogP contribution is 2.32. The van der Waals surface area contributed by atoms with Crippen molar-refractivity contribution in [2.24, 2.45) is 11.7 Å². The highest BCUT2D eigenvalue weighted by atomic mass is 16.4. The van der Waals surface area contributed by atoms with Gasteiger partial charge in [0.1, 0.15) is 6.04 Å². The molecule has 0 aromatic carbocycles. The van der Waals surface area contributed by atoms with Gasteiger partial charge in [-0.3, -0.25) is 4.79 Å². The van der Waals surface area contributed by atoms with E-state index < -0.39 is 17.6 Å². The highest BCUT2D eigenvalue weighted by molar-refractivity contribution is 5.92. The second kappa shape index (κ2) is 3.57. The molecule has 80 valence electrons. The molecule has 0 spiro atoms. The summed E-state index contributed by atoms with van der Waals surface area (Å²) < 4.78 is 0. The highest BCUT2D eigenvalue weighted by Gasteiger charge is 2.47. The van der Waals surface area contributed by atoms with E-state index in [1.807, 2.05) is 0 Å². The molecular weight excluding hydrogens is 184 g/mol. The third-order valence-electron chi connectivity index (χ3n) is 2.46. The summed E-state index contributed by atoms with van der Waals surface area (Å²) in [5.41, 5.74) is 4.83. The predicted octanol–water partition coefficient (Wildman–Crippen LogP) is -0.297. The van der Waals surface area contributed by atoms with Gasteiger partial charge in [-0.15, -0.1) is 0 Å². The van der Waals surface area contributed by atoms with E-state index in [-0.39, 0.29) is 11.8 Å². The average molecular weight is 200 g/mol. The Morgan fingerprint density at radius 3 is 2.21 bits per heavy atom. The van der Waals surface area contributed by atoms with E-state index in [9.17, 15) is 9.59 Å². The van der Waals surface area contributed by atoms with Crippen LogP contribution in [0.3, 0.4) is 0 Å². The van der Waals surface area contributed by atoms with Crippen LogP contribution in [0.25, 0.3) is 0 Å². The van der Waals surface area contributed by atoms with Crippen molar-refractivity contribution in [2.75, 3.05) is 0 Å². The van der Waals surface area contributed by atoms with Gasteiger partial charge in [0, 0.05) is 0 Å². The first-order chi connectivity index (χ1) is 6.37. The van der Waals surface area contributed by atoms with Crippen LogP contribution in [0.4, 0.5) is 0 Å². The molecule has 0 aliphatic heterocycles. The van der Waals surface area contributed by atoms with E-state index in [0.717, 1.165) is 0 Å². The lowest BCUT2D eigenvalue weighted by atomic mass is 10.0. The minimum Gasteiger partial charge on any atom is -0.480 e. The number of carbonyl (C=O) groups is 2. The summed E-state index contributed by atoms with van der Waals surface area (Å²) in [7, 11) is 0. The maximum atomic E-state index is 11.4. The Balaban J connectivity index is 2.56. The largest absolute Gasteiger partial charge is 0.480 e. The van der Waals surface area contributed by atoms with Gasteiger partial charge in [-0.25, -0.2) is 4.79 Å². The molecule has 1 saturated carbocycles. The molecule has 1 rings (SSSR count). The number of carbonyl (C=O) groups excluding carboxylic acids is 1. The fraction of sp³-hybridized carbons (Fsp3) is 0.778. The van der Waals surface area contributed by atoms with Crippen molar-refractivity contribution in [1.82, 2.24) is 5.32 Å². The van der Waals surface area contributed by atoms with Crippen LogP contribution in [0, 0.1) is 5.92 Å². The fourth-order valence-corrected chi connectivity index (χ4v) is 1.16. The summed E-state index contributed by atoms with van der Waals surface area (Å²) in [5, 5.41) is 11.3. The average Bonchev–Trinajstić information content (AvgIpc) is 2.79. The molecule has 4 N–H and O–H groups in total. The van der Waals surface area contributed by atoms with Crippen LogP contribution in [0.2, 0.25) is 0 Å². The normalized spacial score (nSPS) is 20.3. The Labute approximate surface area is 82.7 Å². The van der Waals surface area contributed by atoms with Crippen LogP contribution >= 0.6 is 0 Å². The molecular formula is C9H16N2O3. The number of hydrogen-bond donors (Lipinski definition) is 3. The van der Waals surface area contributed by atoms with Crippen molar-refractivity contribution in [1.29, 1.82) is 0 Å². The van der Waals surface area contributed by atoms with Crippen molar-refractivity contribution < 1.29 is 14.7 Å². The molecule has 0 saturated heterocycles. The Morgan fingerprint density at radius 1 is 1.43 bits per heavy atom. The lowest BCUT2D eigenvalue weighted by Gasteiger charge is -2.19. The van der Waals surface area contributed by atoms with Gasteiger partial charge in [-0.1, -0.05) is 13.8 Å². The second-order valence-electron chi connectivity index (χ2n) is 4.19. The fourth-order valence-electron chi connectivity index (χ4n) is 1.16. The number of carboxylic acid groups (broad SMARTS) is 1. The Bertz CT molecular complexity index is 259. The van der Waals surface area contributed by atoms with Crippen LogP contribution in [0.5, 0.6) is 0 Å². The molecule has 5 nitrogen and oxygen atoms in total. The van der Waals surface area contributed by atoms with Gasteiger partial charge in [0.2, 0.25) is 5.91 Å². The zero-order valence-electron chi connectivity index (χ0n) is 8.41. The molecule has 14 heavy (non-hydrogen) atoms. The van der Waals surface area contributed by atoms with Crippen LogP contribution < -0.4 is 11.1 Å². The van der Waals surface area contributed by atoms with Gasteiger partial charge in [0.25, 0.3) is 0 Å². The molecule has 1 fully saturated rings. The van der Waals surface area contributed by atoms with Crippen molar-refractivity contribution >= 4 is 11.9 Å². The number of nitrogens with one attached hydrogen (secondary N) is 1. The lowest BCUT2D eigenvalue weighted by molar-refractivity contribution is -0.143. The van der Waals surface area contributed by atoms with E-state index in [4.69, 9.17) is 10.8 Å². The Kier molecular flexibility index (Phi) is 2.80. The number of amides is 1. The van der Waals surface area contributed by atoms with Crippen LogP contribution in [0.15, 0.2) is 0 Å².